The van der Waals surface area contributed by atoms with Crippen LogP contribution in [0.2, 0.25) is 0 Å². The lowest BCUT2D eigenvalue weighted by molar-refractivity contribution is 0.00578. The van der Waals surface area contributed by atoms with Crippen LogP contribution in [0.4, 0.5) is 0 Å². The highest BCUT2D eigenvalue weighted by molar-refractivity contribution is 7.89. The van der Waals surface area contributed by atoms with Crippen LogP contribution in [0.3, 0.4) is 0 Å². The predicted octanol–water partition coefficient (Wildman–Crippen LogP) is 1.41. The number of nitrogens with zero attached hydrogens (tertiary/aromatic N) is 2. The van der Waals surface area contributed by atoms with Crippen LogP contribution in [0.5, 0.6) is 0 Å². The van der Waals surface area contributed by atoms with E-state index >= 15 is 0 Å². The Kier molecular flexibility index (Phi) is 4.93. The average molecular weight is 340 g/mol. The summed E-state index contributed by atoms with van der Waals surface area (Å²) in [6.45, 7) is 12.3. The second-order valence-corrected chi connectivity index (χ2v) is 8.57. The zero-order chi connectivity index (χ0) is 17.5. The Morgan fingerprint density at radius 3 is 2.09 bits per heavy atom. The van der Waals surface area contributed by atoms with E-state index in [1.165, 1.54) is 10.5 Å². The first-order valence-corrected chi connectivity index (χ1v) is 9.30. The van der Waals surface area contributed by atoms with E-state index in [2.05, 4.69) is 4.98 Å². The third-order valence-corrected chi connectivity index (χ3v) is 6.62. The Balaban J connectivity index is 2.36. The van der Waals surface area contributed by atoms with Gasteiger partial charge in [-0.25, -0.2) is 8.42 Å². The molecule has 8 heteroatoms. The van der Waals surface area contributed by atoms with Crippen LogP contribution in [0.25, 0.3) is 0 Å². The topological polar surface area (TPSA) is 68.7 Å². The third-order valence-electron chi connectivity index (χ3n) is 4.60. The van der Waals surface area contributed by atoms with Gasteiger partial charge < -0.3 is 9.31 Å². The van der Waals surface area contributed by atoms with Gasteiger partial charge in [-0.3, -0.25) is 4.98 Å². The largest absolute Gasteiger partial charge is 0.496 e. The Morgan fingerprint density at radius 2 is 1.61 bits per heavy atom. The Labute approximate surface area is 139 Å². The molecule has 0 atom stereocenters. The van der Waals surface area contributed by atoms with Gasteiger partial charge in [0.2, 0.25) is 10.0 Å². The van der Waals surface area contributed by atoms with Crippen LogP contribution in [0, 0.1) is 0 Å². The molecule has 0 radical (unpaired) electrons. The summed E-state index contributed by atoms with van der Waals surface area (Å²) in [5.74, 6) is 0. The molecule has 6 nitrogen and oxygen atoms in total. The zero-order valence-electron chi connectivity index (χ0n) is 14.7. The normalized spacial score (nSPS) is 20.2. The molecule has 1 aromatic heterocycles. The SMILES string of the molecule is CCN(CC)S(=O)(=O)c1cncc(B2OC(C)(C)C(C)(C)O2)c1. The van der Waals surface area contributed by atoms with E-state index in [0.717, 1.165) is 0 Å². The molecule has 0 aliphatic carbocycles. The first-order valence-electron chi connectivity index (χ1n) is 7.86. The molecule has 1 aliphatic heterocycles. The highest BCUT2D eigenvalue weighted by Gasteiger charge is 2.52. The van der Waals surface area contributed by atoms with Crippen LogP contribution in [0.15, 0.2) is 23.4 Å². The molecule has 0 bridgehead atoms. The molecular weight excluding hydrogens is 315 g/mol. The fourth-order valence-corrected chi connectivity index (χ4v) is 3.85. The van der Waals surface area contributed by atoms with Gasteiger partial charge in [0.15, 0.2) is 0 Å². The quantitative estimate of drug-likeness (QED) is 0.758. The molecule has 1 fully saturated rings. The maximum Gasteiger partial charge on any atom is 0.496 e. The molecule has 0 aromatic carbocycles. The first kappa shape index (κ1) is 18.4. The van der Waals surface area contributed by atoms with Crippen molar-refractivity contribution in [3.05, 3.63) is 18.5 Å². The predicted molar refractivity (Wildman–Crippen MR) is 90.1 cm³/mol. The minimum atomic E-state index is -3.55. The van der Waals surface area contributed by atoms with Crippen molar-refractivity contribution in [2.24, 2.45) is 0 Å². The number of aromatic nitrogens is 1. The summed E-state index contributed by atoms with van der Waals surface area (Å²) in [7, 11) is -4.18. The highest BCUT2D eigenvalue weighted by atomic mass is 32.2. The van der Waals surface area contributed by atoms with E-state index in [-0.39, 0.29) is 4.90 Å². The molecule has 0 unspecified atom stereocenters. The molecule has 0 saturated carbocycles. The van der Waals surface area contributed by atoms with Crippen LogP contribution < -0.4 is 5.46 Å². The standard InChI is InChI=1S/C15H25BN2O4S/c1-7-18(8-2)23(19,20)13-9-12(10-17-11-13)16-21-14(3,4)15(5,6)22-16/h9-11H,7-8H2,1-6H3. The van der Waals surface area contributed by atoms with E-state index < -0.39 is 28.3 Å². The van der Waals surface area contributed by atoms with Crippen LogP contribution >= 0.6 is 0 Å². The average Bonchev–Trinajstić information content (AvgIpc) is 2.69. The summed E-state index contributed by atoms with van der Waals surface area (Å²) < 4.78 is 38.6. The van der Waals surface area contributed by atoms with Crippen molar-refractivity contribution in [3.63, 3.8) is 0 Å². The lowest BCUT2D eigenvalue weighted by Gasteiger charge is -2.32. The molecule has 0 spiro atoms. The maximum atomic E-state index is 12.6. The van der Waals surface area contributed by atoms with Crippen LogP contribution in [-0.4, -0.2) is 49.1 Å². The molecule has 1 aromatic rings. The monoisotopic (exact) mass is 340 g/mol. The van der Waals surface area contributed by atoms with Crippen molar-refractivity contribution in [1.29, 1.82) is 0 Å². The second kappa shape index (κ2) is 6.16. The van der Waals surface area contributed by atoms with Gasteiger partial charge in [-0.1, -0.05) is 13.8 Å². The molecule has 23 heavy (non-hydrogen) atoms. The Morgan fingerprint density at radius 1 is 1.09 bits per heavy atom. The number of hydrogen-bond donors (Lipinski definition) is 0. The number of rotatable bonds is 5. The van der Waals surface area contributed by atoms with Gasteiger partial charge in [0.05, 0.1) is 11.2 Å². The lowest BCUT2D eigenvalue weighted by Crippen LogP contribution is -2.41. The fourth-order valence-electron chi connectivity index (χ4n) is 2.40. The minimum absolute atomic E-state index is 0.161. The van der Waals surface area contributed by atoms with E-state index in [9.17, 15) is 8.42 Å². The summed E-state index contributed by atoms with van der Waals surface area (Å²) >= 11 is 0. The van der Waals surface area contributed by atoms with Gasteiger partial charge in [0.1, 0.15) is 4.90 Å². The van der Waals surface area contributed by atoms with Gasteiger partial charge in [-0.05, 0) is 33.8 Å². The molecule has 2 heterocycles. The van der Waals surface area contributed by atoms with Gasteiger partial charge in [-0.15, -0.1) is 0 Å². The van der Waals surface area contributed by atoms with Gasteiger partial charge in [0.25, 0.3) is 0 Å². The minimum Gasteiger partial charge on any atom is -0.399 e. The highest BCUT2D eigenvalue weighted by Crippen LogP contribution is 2.36. The summed E-state index contributed by atoms with van der Waals surface area (Å²) in [6.07, 6.45) is 2.95. The van der Waals surface area contributed by atoms with Crippen LogP contribution in [0.1, 0.15) is 41.5 Å². The molecular formula is C15H25BN2O4S. The second-order valence-electron chi connectivity index (χ2n) is 6.63. The number of sulfonamides is 1. The van der Waals surface area contributed by atoms with Crippen molar-refractivity contribution in [1.82, 2.24) is 9.29 Å². The Bertz CT molecular complexity index is 656. The van der Waals surface area contributed by atoms with Crippen molar-refractivity contribution >= 4 is 22.6 Å². The van der Waals surface area contributed by atoms with E-state index in [4.69, 9.17) is 9.31 Å². The zero-order valence-corrected chi connectivity index (χ0v) is 15.5. The summed E-state index contributed by atoms with van der Waals surface area (Å²) in [4.78, 5) is 4.24. The first-order chi connectivity index (χ1) is 10.5. The van der Waals surface area contributed by atoms with Crippen molar-refractivity contribution in [2.75, 3.05) is 13.1 Å². The molecule has 128 valence electrons. The van der Waals surface area contributed by atoms with Gasteiger partial charge in [0, 0.05) is 30.9 Å². The smallest absolute Gasteiger partial charge is 0.399 e. The lowest BCUT2D eigenvalue weighted by atomic mass is 9.80. The third kappa shape index (κ3) is 3.31. The maximum absolute atomic E-state index is 12.6. The molecule has 0 N–H and O–H groups in total. The summed E-state index contributed by atoms with van der Waals surface area (Å²) in [6, 6.07) is 1.59. The van der Waals surface area contributed by atoms with Crippen molar-refractivity contribution in [3.8, 4) is 0 Å². The Hall–Kier alpha value is -0.955. The summed E-state index contributed by atoms with van der Waals surface area (Å²) in [5.41, 5.74) is -0.353. The van der Waals surface area contributed by atoms with E-state index in [0.29, 0.717) is 18.6 Å². The van der Waals surface area contributed by atoms with Gasteiger partial charge >= 0.3 is 7.12 Å². The van der Waals surface area contributed by atoms with Gasteiger partial charge in [-0.2, -0.15) is 4.31 Å². The number of pyridine rings is 1. The van der Waals surface area contributed by atoms with Crippen molar-refractivity contribution < 1.29 is 17.7 Å². The number of hydrogen-bond acceptors (Lipinski definition) is 5. The molecule has 1 aliphatic rings. The summed E-state index contributed by atoms with van der Waals surface area (Å²) in [5, 5.41) is 0. The van der Waals surface area contributed by atoms with Crippen LogP contribution in [-0.2, 0) is 19.3 Å². The van der Waals surface area contributed by atoms with E-state index in [1.807, 2.05) is 41.5 Å². The van der Waals surface area contributed by atoms with E-state index in [1.54, 1.807) is 12.3 Å². The van der Waals surface area contributed by atoms with Crippen molar-refractivity contribution in [2.45, 2.75) is 57.6 Å². The molecule has 1 saturated heterocycles. The molecule has 2 rings (SSSR count). The fraction of sp³-hybridized carbons (Fsp3) is 0.667. The molecule has 0 amide bonds.